The van der Waals surface area contributed by atoms with Crippen LogP contribution in [-0.4, -0.2) is 5.54 Å². The molecule has 0 aliphatic heterocycles. The van der Waals surface area contributed by atoms with Crippen LogP contribution in [0.15, 0.2) is 0 Å². The van der Waals surface area contributed by atoms with Crippen LogP contribution >= 0.6 is 0 Å². The Labute approximate surface area is 83.1 Å². The second-order valence-corrected chi connectivity index (χ2v) is 4.99. The summed E-state index contributed by atoms with van der Waals surface area (Å²) in [5.41, 5.74) is 6.37. The molecule has 1 saturated carbocycles. The van der Waals surface area contributed by atoms with Gasteiger partial charge in [0, 0.05) is 5.54 Å². The lowest BCUT2D eigenvalue weighted by molar-refractivity contribution is 0.179. The van der Waals surface area contributed by atoms with E-state index in [1.165, 1.54) is 32.1 Å². The molecule has 0 bridgehead atoms. The SMILES string of the molecule is CCC1CCC(C(C)(N)CC)CC1. The van der Waals surface area contributed by atoms with Crippen LogP contribution in [0.4, 0.5) is 0 Å². The average molecular weight is 183 g/mol. The molecule has 1 aliphatic carbocycles. The van der Waals surface area contributed by atoms with E-state index >= 15 is 0 Å². The molecule has 78 valence electrons. The van der Waals surface area contributed by atoms with Crippen LogP contribution in [-0.2, 0) is 0 Å². The van der Waals surface area contributed by atoms with Gasteiger partial charge >= 0.3 is 0 Å². The Morgan fingerprint density at radius 2 is 1.69 bits per heavy atom. The van der Waals surface area contributed by atoms with E-state index < -0.39 is 0 Å². The molecule has 0 saturated heterocycles. The van der Waals surface area contributed by atoms with Crippen LogP contribution in [0.1, 0.15) is 59.3 Å². The second-order valence-electron chi connectivity index (χ2n) is 4.99. The molecule has 0 aromatic rings. The maximum absolute atomic E-state index is 6.28. The van der Waals surface area contributed by atoms with Gasteiger partial charge in [0.25, 0.3) is 0 Å². The molecule has 1 nitrogen and oxygen atoms in total. The van der Waals surface area contributed by atoms with Crippen molar-refractivity contribution in [3.05, 3.63) is 0 Å². The number of hydrogen-bond donors (Lipinski definition) is 1. The van der Waals surface area contributed by atoms with Crippen molar-refractivity contribution in [2.75, 3.05) is 0 Å². The summed E-state index contributed by atoms with van der Waals surface area (Å²) < 4.78 is 0. The van der Waals surface area contributed by atoms with Crippen LogP contribution in [0.25, 0.3) is 0 Å². The van der Waals surface area contributed by atoms with Crippen LogP contribution < -0.4 is 5.73 Å². The van der Waals surface area contributed by atoms with E-state index in [1.54, 1.807) is 0 Å². The third kappa shape index (κ3) is 2.70. The summed E-state index contributed by atoms with van der Waals surface area (Å²) in [5.74, 6) is 1.77. The maximum Gasteiger partial charge on any atom is 0.0151 e. The predicted molar refractivity (Wildman–Crippen MR) is 58.6 cm³/mol. The number of rotatable bonds is 3. The molecule has 1 atom stereocenters. The first kappa shape index (κ1) is 11.0. The topological polar surface area (TPSA) is 26.0 Å². The standard InChI is InChI=1S/C12H25N/c1-4-10-6-8-11(9-7-10)12(3,13)5-2/h10-11H,4-9,13H2,1-3H3. The molecule has 1 aliphatic rings. The third-order valence-corrected chi connectivity index (χ3v) is 4.12. The third-order valence-electron chi connectivity index (χ3n) is 4.12. The molecular weight excluding hydrogens is 158 g/mol. The van der Waals surface area contributed by atoms with Crippen molar-refractivity contribution in [2.45, 2.75) is 64.8 Å². The van der Waals surface area contributed by atoms with Crippen molar-refractivity contribution in [3.63, 3.8) is 0 Å². The van der Waals surface area contributed by atoms with Gasteiger partial charge in [0.05, 0.1) is 0 Å². The summed E-state index contributed by atoms with van der Waals surface area (Å²) in [6, 6.07) is 0. The fourth-order valence-corrected chi connectivity index (χ4v) is 2.52. The first-order valence-electron chi connectivity index (χ1n) is 5.89. The van der Waals surface area contributed by atoms with E-state index in [4.69, 9.17) is 5.73 Å². The average Bonchev–Trinajstić information content (AvgIpc) is 2.18. The molecule has 0 radical (unpaired) electrons. The zero-order valence-electron chi connectivity index (χ0n) is 9.47. The Kier molecular flexibility index (Phi) is 3.78. The van der Waals surface area contributed by atoms with Crippen molar-refractivity contribution in [2.24, 2.45) is 17.6 Å². The molecule has 0 heterocycles. The Morgan fingerprint density at radius 1 is 1.15 bits per heavy atom. The van der Waals surface area contributed by atoms with Crippen molar-refractivity contribution >= 4 is 0 Å². The minimum absolute atomic E-state index is 0.0959. The van der Waals surface area contributed by atoms with Gasteiger partial charge in [0.15, 0.2) is 0 Å². The summed E-state index contributed by atoms with van der Waals surface area (Å²) in [4.78, 5) is 0. The van der Waals surface area contributed by atoms with E-state index in [2.05, 4.69) is 20.8 Å². The molecule has 0 amide bonds. The van der Waals surface area contributed by atoms with Gasteiger partial charge in [0.1, 0.15) is 0 Å². The largest absolute Gasteiger partial charge is 0.325 e. The molecule has 0 spiro atoms. The van der Waals surface area contributed by atoms with E-state index in [9.17, 15) is 0 Å². The monoisotopic (exact) mass is 183 g/mol. The van der Waals surface area contributed by atoms with Crippen LogP contribution in [0, 0.1) is 11.8 Å². The molecule has 0 aromatic heterocycles. The lowest BCUT2D eigenvalue weighted by Crippen LogP contribution is -2.45. The quantitative estimate of drug-likeness (QED) is 0.713. The normalized spacial score (nSPS) is 34.2. The summed E-state index contributed by atoms with van der Waals surface area (Å²) >= 11 is 0. The molecule has 0 aromatic carbocycles. The summed E-state index contributed by atoms with van der Waals surface area (Å²) in [7, 11) is 0. The van der Waals surface area contributed by atoms with E-state index in [0.717, 1.165) is 18.3 Å². The first-order chi connectivity index (χ1) is 6.10. The molecule has 1 heteroatoms. The molecule has 1 rings (SSSR count). The molecule has 2 N–H and O–H groups in total. The van der Waals surface area contributed by atoms with Crippen molar-refractivity contribution in [1.82, 2.24) is 0 Å². The van der Waals surface area contributed by atoms with Gasteiger partial charge in [0.2, 0.25) is 0 Å². The highest BCUT2D eigenvalue weighted by Gasteiger charge is 2.31. The molecule has 1 unspecified atom stereocenters. The van der Waals surface area contributed by atoms with Crippen molar-refractivity contribution < 1.29 is 0 Å². The fourth-order valence-electron chi connectivity index (χ4n) is 2.52. The lowest BCUT2D eigenvalue weighted by atomic mass is 9.71. The highest BCUT2D eigenvalue weighted by Crippen LogP contribution is 2.36. The Balaban J connectivity index is 2.40. The van der Waals surface area contributed by atoms with E-state index in [1.807, 2.05) is 0 Å². The van der Waals surface area contributed by atoms with Crippen LogP contribution in [0.5, 0.6) is 0 Å². The summed E-state index contributed by atoms with van der Waals surface area (Å²) in [6.07, 6.45) is 8.02. The van der Waals surface area contributed by atoms with Crippen LogP contribution in [0.3, 0.4) is 0 Å². The van der Waals surface area contributed by atoms with Gasteiger partial charge in [-0.2, -0.15) is 0 Å². The summed E-state index contributed by atoms with van der Waals surface area (Å²) in [6.45, 7) is 6.75. The summed E-state index contributed by atoms with van der Waals surface area (Å²) in [5, 5.41) is 0. The Hall–Kier alpha value is -0.0400. The van der Waals surface area contributed by atoms with Gasteiger partial charge in [-0.25, -0.2) is 0 Å². The Morgan fingerprint density at radius 3 is 2.08 bits per heavy atom. The van der Waals surface area contributed by atoms with Crippen molar-refractivity contribution in [1.29, 1.82) is 0 Å². The van der Waals surface area contributed by atoms with Gasteiger partial charge in [-0.15, -0.1) is 0 Å². The van der Waals surface area contributed by atoms with Gasteiger partial charge in [-0.05, 0) is 38.0 Å². The minimum atomic E-state index is 0.0959. The van der Waals surface area contributed by atoms with Gasteiger partial charge in [-0.1, -0.05) is 33.1 Å². The predicted octanol–water partition coefficient (Wildman–Crippen LogP) is 3.33. The molecule has 1 fully saturated rings. The van der Waals surface area contributed by atoms with Crippen molar-refractivity contribution in [3.8, 4) is 0 Å². The first-order valence-corrected chi connectivity index (χ1v) is 5.89. The van der Waals surface area contributed by atoms with E-state index in [0.29, 0.717) is 0 Å². The molecule has 13 heavy (non-hydrogen) atoms. The number of nitrogens with two attached hydrogens (primary N) is 1. The van der Waals surface area contributed by atoms with E-state index in [-0.39, 0.29) is 5.54 Å². The Bertz CT molecular complexity index is 143. The van der Waals surface area contributed by atoms with Gasteiger partial charge < -0.3 is 5.73 Å². The zero-order chi connectivity index (χ0) is 9.90. The maximum atomic E-state index is 6.28. The highest BCUT2D eigenvalue weighted by atomic mass is 14.7. The molecular formula is C12H25N. The smallest absolute Gasteiger partial charge is 0.0151 e. The van der Waals surface area contributed by atoms with Gasteiger partial charge in [-0.3, -0.25) is 0 Å². The minimum Gasteiger partial charge on any atom is -0.325 e. The fraction of sp³-hybridized carbons (Fsp3) is 1.00. The van der Waals surface area contributed by atoms with Crippen LogP contribution in [0.2, 0.25) is 0 Å². The second kappa shape index (κ2) is 4.45. The lowest BCUT2D eigenvalue weighted by Gasteiger charge is -2.38. The number of hydrogen-bond acceptors (Lipinski definition) is 1. The highest BCUT2D eigenvalue weighted by molar-refractivity contribution is 4.88. The zero-order valence-corrected chi connectivity index (χ0v) is 9.47.